The van der Waals surface area contributed by atoms with Gasteiger partial charge < -0.3 is 10.3 Å². The van der Waals surface area contributed by atoms with Gasteiger partial charge in [0, 0.05) is 6.54 Å². The number of hydrogen-bond donors (Lipinski definition) is 2. The molecule has 0 saturated heterocycles. The van der Waals surface area contributed by atoms with Gasteiger partial charge in [0.15, 0.2) is 3.95 Å². The molecule has 0 bridgehead atoms. The minimum absolute atomic E-state index is 0.230. The fourth-order valence-corrected chi connectivity index (χ4v) is 4.24. The lowest BCUT2D eigenvalue weighted by Gasteiger charge is -2.05. The summed E-state index contributed by atoms with van der Waals surface area (Å²) in [7, 11) is 0. The maximum Gasteiger partial charge on any atom is 0.265 e. The first kappa shape index (κ1) is 16.7. The lowest BCUT2D eigenvalue weighted by atomic mass is 10.1. The number of fused-ring (bicyclic) bond motifs is 3. The molecule has 5 nitrogen and oxygen atoms in total. The molecule has 2 aromatic heterocycles. The van der Waals surface area contributed by atoms with Crippen molar-refractivity contribution in [2.75, 3.05) is 6.54 Å². The van der Waals surface area contributed by atoms with Crippen LogP contribution in [-0.2, 0) is 6.42 Å². The third-order valence-corrected chi connectivity index (χ3v) is 5.55. The zero-order valence-corrected chi connectivity index (χ0v) is 15.3. The second-order valence-electron chi connectivity index (χ2n) is 5.84. The standard InChI is InChI=1S/C19H15N3O2S2/c23-17-13-8-4-5-9-14(13)22-16(21-17)15(26-19(22)25)18(24)20-11-10-12-6-2-1-3-7-12/h1-9H,10-11H2,(H,20,24)(H,21,23). The molecule has 0 spiro atoms. The average Bonchev–Trinajstić information content (AvgIpc) is 2.99. The van der Waals surface area contributed by atoms with E-state index >= 15 is 0 Å². The summed E-state index contributed by atoms with van der Waals surface area (Å²) in [5.74, 6) is -0.231. The molecule has 0 saturated carbocycles. The Hall–Kier alpha value is -2.77. The summed E-state index contributed by atoms with van der Waals surface area (Å²) in [5.41, 5.74) is 2.07. The summed E-state index contributed by atoms with van der Waals surface area (Å²) in [6.07, 6.45) is 0.739. The van der Waals surface area contributed by atoms with Crippen molar-refractivity contribution < 1.29 is 4.79 Å². The highest BCUT2D eigenvalue weighted by Gasteiger charge is 2.17. The number of amides is 1. The van der Waals surface area contributed by atoms with Gasteiger partial charge in [0.05, 0.1) is 10.9 Å². The van der Waals surface area contributed by atoms with E-state index in [1.165, 1.54) is 11.3 Å². The number of aromatic nitrogens is 2. The third kappa shape index (κ3) is 2.95. The molecule has 0 aliphatic carbocycles. The van der Waals surface area contributed by atoms with Crippen molar-refractivity contribution in [3.05, 3.63) is 79.3 Å². The van der Waals surface area contributed by atoms with Crippen LogP contribution in [0.4, 0.5) is 0 Å². The Morgan fingerprint density at radius 3 is 2.65 bits per heavy atom. The van der Waals surface area contributed by atoms with Crippen LogP contribution in [0.15, 0.2) is 59.4 Å². The monoisotopic (exact) mass is 381 g/mol. The second kappa shape index (κ2) is 6.86. The molecule has 0 atom stereocenters. The predicted octanol–water partition coefficient (Wildman–Crippen LogP) is 3.54. The van der Waals surface area contributed by atoms with Crippen LogP contribution >= 0.6 is 23.6 Å². The van der Waals surface area contributed by atoms with Crippen molar-refractivity contribution in [3.8, 4) is 0 Å². The molecule has 0 aliphatic rings. The van der Waals surface area contributed by atoms with Gasteiger partial charge in [0.25, 0.3) is 11.5 Å². The Morgan fingerprint density at radius 1 is 1.12 bits per heavy atom. The molecule has 0 radical (unpaired) electrons. The fourth-order valence-electron chi connectivity index (χ4n) is 2.94. The van der Waals surface area contributed by atoms with E-state index in [9.17, 15) is 9.59 Å². The number of nitrogens with one attached hydrogen (secondary N) is 2. The van der Waals surface area contributed by atoms with E-state index in [-0.39, 0.29) is 11.5 Å². The first-order valence-electron chi connectivity index (χ1n) is 8.14. The maximum absolute atomic E-state index is 12.6. The topological polar surface area (TPSA) is 66.4 Å². The Bertz CT molecular complexity index is 1220. The van der Waals surface area contributed by atoms with Crippen molar-refractivity contribution in [3.63, 3.8) is 0 Å². The molecular weight excluding hydrogens is 366 g/mol. The molecule has 130 valence electrons. The third-order valence-electron chi connectivity index (χ3n) is 4.18. The molecule has 0 fully saturated rings. The highest BCUT2D eigenvalue weighted by molar-refractivity contribution is 7.73. The van der Waals surface area contributed by atoms with Crippen LogP contribution in [0.5, 0.6) is 0 Å². The molecule has 0 aliphatic heterocycles. The molecule has 7 heteroatoms. The Labute approximate surface area is 157 Å². The van der Waals surface area contributed by atoms with Gasteiger partial charge in [-0.1, -0.05) is 53.8 Å². The number of carbonyl (C=O) groups excluding carboxylic acids is 1. The number of thiazole rings is 1. The lowest BCUT2D eigenvalue weighted by molar-refractivity contribution is 0.0959. The minimum atomic E-state index is -0.231. The molecule has 4 aromatic rings. The van der Waals surface area contributed by atoms with Crippen molar-refractivity contribution in [2.45, 2.75) is 6.42 Å². The van der Waals surface area contributed by atoms with E-state index in [4.69, 9.17) is 12.2 Å². The first-order valence-corrected chi connectivity index (χ1v) is 9.36. The zero-order valence-electron chi connectivity index (χ0n) is 13.7. The van der Waals surface area contributed by atoms with E-state index in [0.29, 0.717) is 31.9 Å². The number of rotatable bonds is 4. The SMILES string of the molecule is O=C(NCCc1ccccc1)c1sc(=S)n2c1[nH]c(=O)c1ccccc12. The van der Waals surface area contributed by atoms with E-state index in [1.807, 2.05) is 42.5 Å². The summed E-state index contributed by atoms with van der Waals surface area (Å²) < 4.78 is 2.28. The number of hydrogen-bond acceptors (Lipinski definition) is 4. The lowest BCUT2D eigenvalue weighted by Crippen LogP contribution is -2.25. The summed E-state index contributed by atoms with van der Waals surface area (Å²) in [6.45, 7) is 0.511. The van der Waals surface area contributed by atoms with E-state index < -0.39 is 0 Å². The van der Waals surface area contributed by atoms with Crippen LogP contribution in [0.25, 0.3) is 16.6 Å². The van der Waals surface area contributed by atoms with Gasteiger partial charge in [-0.2, -0.15) is 0 Å². The summed E-state index contributed by atoms with van der Waals surface area (Å²) >= 11 is 6.63. The van der Waals surface area contributed by atoms with Gasteiger partial charge in [0.2, 0.25) is 0 Å². The van der Waals surface area contributed by atoms with Crippen LogP contribution in [0.1, 0.15) is 15.2 Å². The molecule has 1 amide bonds. The van der Waals surface area contributed by atoms with E-state index in [0.717, 1.165) is 12.0 Å². The van der Waals surface area contributed by atoms with Crippen LogP contribution in [0.3, 0.4) is 0 Å². The number of para-hydroxylation sites is 1. The van der Waals surface area contributed by atoms with E-state index in [2.05, 4.69) is 10.3 Å². The summed E-state index contributed by atoms with van der Waals surface area (Å²) in [4.78, 5) is 28.2. The molecule has 0 unspecified atom stereocenters. The largest absolute Gasteiger partial charge is 0.351 e. The van der Waals surface area contributed by atoms with Gasteiger partial charge in [-0.25, -0.2) is 0 Å². The Balaban J connectivity index is 1.67. The van der Waals surface area contributed by atoms with Crippen LogP contribution in [0.2, 0.25) is 0 Å². The molecule has 4 rings (SSSR count). The number of aromatic amines is 1. The van der Waals surface area contributed by atoms with Gasteiger partial charge >= 0.3 is 0 Å². The number of carbonyl (C=O) groups is 1. The molecule has 2 aromatic carbocycles. The maximum atomic E-state index is 12.6. The summed E-state index contributed by atoms with van der Waals surface area (Å²) in [5, 5.41) is 3.46. The van der Waals surface area contributed by atoms with Gasteiger partial charge in [-0.3, -0.25) is 14.0 Å². The van der Waals surface area contributed by atoms with Gasteiger partial charge in [-0.15, -0.1) is 0 Å². The highest BCUT2D eigenvalue weighted by atomic mass is 32.1. The molecule has 2 N–H and O–H groups in total. The summed E-state index contributed by atoms with van der Waals surface area (Å²) in [6, 6.07) is 17.2. The Morgan fingerprint density at radius 2 is 1.85 bits per heavy atom. The van der Waals surface area contributed by atoms with Crippen LogP contribution < -0.4 is 10.9 Å². The second-order valence-corrected chi connectivity index (χ2v) is 7.49. The van der Waals surface area contributed by atoms with Gasteiger partial charge in [-0.05, 0) is 36.3 Å². The van der Waals surface area contributed by atoms with Crippen molar-refractivity contribution in [2.24, 2.45) is 0 Å². The first-order chi connectivity index (χ1) is 12.6. The predicted molar refractivity (Wildman–Crippen MR) is 107 cm³/mol. The Kier molecular flexibility index (Phi) is 4.40. The number of H-pyrrole nitrogens is 1. The molecular formula is C19H15N3O2S2. The van der Waals surface area contributed by atoms with Crippen molar-refractivity contribution >= 4 is 46.0 Å². The normalized spacial score (nSPS) is 11.1. The average molecular weight is 381 g/mol. The molecule has 26 heavy (non-hydrogen) atoms. The zero-order chi connectivity index (χ0) is 18.1. The number of benzene rings is 2. The smallest absolute Gasteiger partial charge is 0.265 e. The fraction of sp³-hybridized carbons (Fsp3) is 0.105. The van der Waals surface area contributed by atoms with Gasteiger partial charge in [0.1, 0.15) is 10.5 Å². The number of nitrogens with zero attached hydrogens (tertiary/aromatic N) is 1. The van der Waals surface area contributed by atoms with E-state index in [1.54, 1.807) is 16.5 Å². The highest BCUT2D eigenvalue weighted by Crippen LogP contribution is 2.22. The minimum Gasteiger partial charge on any atom is -0.351 e. The van der Waals surface area contributed by atoms with Crippen LogP contribution in [0, 0.1) is 3.95 Å². The quantitative estimate of drug-likeness (QED) is 0.531. The molecule has 2 heterocycles. The van der Waals surface area contributed by atoms with Crippen molar-refractivity contribution in [1.29, 1.82) is 0 Å². The van der Waals surface area contributed by atoms with Crippen molar-refractivity contribution in [1.82, 2.24) is 14.7 Å². The van der Waals surface area contributed by atoms with Crippen LogP contribution in [-0.4, -0.2) is 21.8 Å².